The SMILES string of the molecule is CC1(C)C[C@@H]1C(=O)N1CC2(CN(C(=O)c3cncs3)C[C@H]2C(=O)NCCOCc2ccccc2)C1.CN(C)C=O.[HH]. The predicted molar refractivity (Wildman–Crippen MR) is 153 cm³/mol. The first-order chi connectivity index (χ1) is 19.1. The first-order valence-corrected chi connectivity index (χ1v) is 14.4. The van der Waals surface area contributed by atoms with E-state index >= 15 is 0 Å². The van der Waals surface area contributed by atoms with Crippen molar-refractivity contribution in [1.82, 2.24) is 25.0 Å². The summed E-state index contributed by atoms with van der Waals surface area (Å²) in [6.07, 6.45) is 3.24. The van der Waals surface area contributed by atoms with Crippen molar-refractivity contribution < 1.29 is 25.3 Å². The van der Waals surface area contributed by atoms with E-state index in [-0.39, 0.29) is 36.4 Å². The van der Waals surface area contributed by atoms with E-state index in [0.29, 0.717) is 50.8 Å². The number of carbonyl (C=O) groups excluding carboxylic acids is 4. The fourth-order valence-electron chi connectivity index (χ4n) is 5.39. The van der Waals surface area contributed by atoms with Gasteiger partial charge in [-0.1, -0.05) is 44.2 Å². The molecule has 1 spiro atoms. The second-order valence-electron chi connectivity index (χ2n) is 11.8. The lowest BCUT2D eigenvalue weighted by atomic mass is 9.71. The Hall–Kier alpha value is -3.31. The Bertz CT molecular complexity index is 1190. The number of aromatic nitrogens is 1. The standard InChI is InChI=1S/C26H32N4O4S.C3H7NO.H2/c1-25(2)10-19(25)23(32)30-15-26(16-30)14-29(24(33)21-11-27-17-35-21)12-20(26)22(31)28-8-9-34-13-18-6-4-3-5-7-18;1-4(2)3-5;/h3-7,11,17,19-20H,8-10,12-16H2,1-2H3,(H,28,31);3H,1-2H3;1H/t19-,20+;;/m1../s1. The van der Waals surface area contributed by atoms with Gasteiger partial charge in [0.2, 0.25) is 18.2 Å². The van der Waals surface area contributed by atoms with Crippen LogP contribution in [0, 0.1) is 22.7 Å². The third-order valence-corrected chi connectivity index (χ3v) is 8.66. The number of likely N-dealkylation sites (tertiary alicyclic amines) is 2. The summed E-state index contributed by atoms with van der Waals surface area (Å²) in [5.41, 5.74) is 2.40. The Labute approximate surface area is 241 Å². The molecule has 4 amide bonds. The third-order valence-electron chi connectivity index (χ3n) is 7.90. The van der Waals surface area contributed by atoms with Crippen LogP contribution in [0.3, 0.4) is 0 Å². The molecule has 1 aliphatic carbocycles. The minimum Gasteiger partial charge on any atom is -0.375 e. The van der Waals surface area contributed by atoms with Gasteiger partial charge in [0, 0.05) is 59.6 Å². The highest BCUT2D eigenvalue weighted by Crippen LogP contribution is 2.54. The summed E-state index contributed by atoms with van der Waals surface area (Å²) in [6.45, 7) is 7.41. The Morgan fingerprint density at radius 1 is 1.15 bits per heavy atom. The average Bonchev–Trinajstić information content (AvgIpc) is 3.29. The Morgan fingerprint density at radius 2 is 1.80 bits per heavy atom. The van der Waals surface area contributed by atoms with E-state index in [1.807, 2.05) is 35.2 Å². The summed E-state index contributed by atoms with van der Waals surface area (Å²) < 4.78 is 5.70. The van der Waals surface area contributed by atoms with E-state index in [4.69, 9.17) is 4.74 Å². The van der Waals surface area contributed by atoms with Gasteiger partial charge in [0.15, 0.2) is 0 Å². The molecule has 2 atom stereocenters. The quantitative estimate of drug-likeness (QED) is 0.365. The minimum absolute atomic E-state index is 0. The molecule has 5 rings (SSSR count). The molecule has 1 aromatic heterocycles. The van der Waals surface area contributed by atoms with Crippen LogP contribution >= 0.6 is 11.3 Å². The summed E-state index contributed by atoms with van der Waals surface area (Å²) in [7, 11) is 3.38. The minimum atomic E-state index is -0.399. The third kappa shape index (κ3) is 6.87. The summed E-state index contributed by atoms with van der Waals surface area (Å²) in [5, 5.41) is 3.01. The van der Waals surface area contributed by atoms with Gasteiger partial charge >= 0.3 is 0 Å². The molecule has 218 valence electrons. The number of hydrogen-bond acceptors (Lipinski definition) is 7. The second kappa shape index (κ2) is 12.5. The molecule has 1 saturated carbocycles. The zero-order valence-electron chi connectivity index (χ0n) is 23.7. The predicted octanol–water partition coefficient (Wildman–Crippen LogP) is 2.37. The van der Waals surface area contributed by atoms with E-state index < -0.39 is 5.41 Å². The smallest absolute Gasteiger partial charge is 0.265 e. The number of thiazole rings is 1. The van der Waals surface area contributed by atoms with Gasteiger partial charge in [0.05, 0.1) is 30.8 Å². The molecule has 10 nitrogen and oxygen atoms in total. The topological polar surface area (TPSA) is 112 Å². The van der Waals surface area contributed by atoms with Crippen LogP contribution in [-0.2, 0) is 25.7 Å². The monoisotopic (exact) mass is 571 g/mol. The molecule has 0 unspecified atom stereocenters. The summed E-state index contributed by atoms with van der Waals surface area (Å²) >= 11 is 1.30. The molecule has 0 bridgehead atoms. The van der Waals surface area contributed by atoms with Crippen molar-refractivity contribution in [2.24, 2.45) is 22.7 Å². The number of hydrogen-bond donors (Lipinski definition) is 1. The largest absolute Gasteiger partial charge is 0.375 e. The van der Waals surface area contributed by atoms with E-state index in [9.17, 15) is 19.2 Å². The maximum Gasteiger partial charge on any atom is 0.265 e. The lowest BCUT2D eigenvalue weighted by molar-refractivity contribution is -0.151. The number of benzene rings is 1. The van der Waals surface area contributed by atoms with Crippen molar-refractivity contribution in [3.8, 4) is 0 Å². The lowest BCUT2D eigenvalue weighted by Crippen LogP contribution is -2.64. The van der Waals surface area contributed by atoms with E-state index in [2.05, 4.69) is 24.1 Å². The number of rotatable bonds is 9. The first-order valence-electron chi connectivity index (χ1n) is 13.5. The maximum atomic E-state index is 13.2. The van der Waals surface area contributed by atoms with Crippen LogP contribution in [0.4, 0.5) is 0 Å². The second-order valence-corrected chi connectivity index (χ2v) is 12.7. The highest BCUT2D eigenvalue weighted by Gasteiger charge is 2.61. The van der Waals surface area contributed by atoms with Crippen LogP contribution in [0.25, 0.3) is 0 Å². The molecule has 3 aliphatic rings. The number of ether oxygens (including phenoxy) is 1. The molecular formula is C29H41N5O5S. The first kappa shape index (κ1) is 29.7. The van der Waals surface area contributed by atoms with Gasteiger partial charge in [-0.2, -0.15) is 0 Å². The van der Waals surface area contributed by atoms with Gasteiger partial charge in [-0.05, 0) is 17.4 Å². The molecule has 0 radical (unpaired) electrons. The molecule has 1 aromatic carbocycles. The van der Waals surface area contributed by atoms with Crippen LogP contribution in [0.1, 0.15) is 36.9 Å². The molecule has 2 aromatic rings. The molecular weight excluding hydrogens is 530 g/mol. The average molecular weight is 572 g/mol. The molecule has 2 saturated heterocycles. The van der Waals surface area contributed by atoms with Gasteiger partial charge in [0.25, 0.3) is 5.91 Å². The summed E-state index contributed by atoms with van der Waals surface area (Å²) in [6, 6.07) is 9.90. The Morgan fingerprint density at radius 3 is 2.38 bits per heavy atom. The van der Waals surface area contributed by atoms with Crippen LogP contribution < -0.4 is 5.32 Å². The van der Waals surface area contributed by atoms with Crippen LogP contribution in [0.5, 0.6) is 0 Å². The van der Waals surface area contributed by atoms with Crippen LogP contribution in [0.2, 0.25) is 0 Å². The molecule has 2 aliphatic heterocycles. The van der Waals surface area contributed by atoms with Crippen molar-refractivity contribution >= 4 is 35.5 Å². The van der Waals surface area contributed by atoms with Crippen molar-refractivity contribution in [1.29, 1.82) is 0 Å². The van der Waals surface area contributed by atoms with Crippen LogP contribution in [0.15, 0.2) is 42.0 Å². The molecule has 11 heteroatoms. The van der Waals surface area contributed by atoms with Crippen LogP contribution in [-0.4, -0.2) is 97.2 Å². The molecule has 1 N–H and O–H groups in total. The van der Waals surface area contributed by atoms with Gasteiger partial charge in [-0.3, -0.25) is 24.2 Å². The van der Waals surface area contributed by atoms with E-state index in [1.165, 1.54) is 16.2 Å². The fourth-order valence-corrected chi connectivity index (χ4v) is 5.98. The number of nitrogens with zero attached hydrogens (tertiary/aromatic N) is 4. The van der Waals surface area contributed by atoms with Gasteiger partial charge in [0.1, 0.15) is 4.88 Å². The van der Waals surface area contributed by atoms with Gasteiger partial charge in [-0.15, -0.1) is 11.3 Å². The van der Waals surface area contributed by atoms with Crippen molar-refractivity contribution in [3.63, 3.8) is 0 Å². The summed E-state index contributed by atoms with van der Waals surface area (Å²) in [5.74, 6) is -0.274. The number of nitrogens with one attached hydrogen (secondary N) is 1. The van der Waals surface area contributed by atoms with E-state index in [1.54, 1.807) is 30.7 Å². The zero-order valence-corrected chi connectivity index (χ0v) is 24.5. The maximum absolute atomic E-state index is 13.2. The number of amides is 4. The number of carbonyl (C=O) groups is 4. The molecule has 3 heterocycles. The van der Waals surface area contributed by atoms with Crippen molar-refractivity contribution in [3.05, 3.63) is 52.5 Å². The van der Waals surface area contributed by atoms with Crippen molar-refractivity contribution in [2.75, 3.05) is 53.4 Å². The highest BCUT2D eigenvalue weighted by atomic mass is 32.1. The van der Waals surface area contributed by atoms with Gasteiger partial charge in [-0.25, -0.2) is 0 Å². The lowest BCUT2D eigenvalue weighted by Gasteiger charge is -2.50. The highest BCUT2D eigenvalue weighted by molar-refractivity contribution is 7.11. The Kier molecular flexibility index (Phi) is 9.25. The molecule has 40 heavy (non-hydrogen) atoms. The van der Waals surface area contributed by atoms with Crippen molar-refractivity contribution in [2.45, 2.75) is 26.9 Å². The Balaban J connectivity index is 0.000000711. The fraction of sp³-hybridized carbons (Fsp3) is 0.552. The summed E-state index contributed by atoms with van der Waals surface area (Å²) in [4.78, 5) is 58.3. The van der Waals surface area contributed by atoms with Gasteiger partial charge < -0.3 is 24.8 Å². The normalized spacial score (nSPS) is 21.6. The van der Waals surface area contributed by atoms with E-state index in [0.717, 1.165) is 18.4 Å². The zero-order chi connectivity index (χ0) is 28.9. The molecule has 3 fully saturated rings.